The zero-order valence-electron chi connectivity index (χ0n) is 10.2. The highest BCUT2D eigenvalue weighted by Gasteiger charge is 2.22. The molecule has 0 saturated carbocycles. The van der Waals surface area contributed by atoms with E-state index in [9.17, 15) is 21.6 Å². The molecule has 0 bridgehead atoms. The molecule has 0 fully saturated rings. The number of nitrogen functional groups attached to an aromatic ring is 1. The summed E-state index contributed by atoms with van der Waals surface area (Å²) in [5, 5.41) is 0. The van der Waals surface area contributed by atoms with Gasteiger partial charge in [-0.25, -0.2) is 21.6 Å². The van der Waals surface area contributed by atoms with Crippen molar-refractivity contribution in [1.82, 2.24) is 0 Å². The molecule has 0 radical (unpaired) electrons. The van der Waals surface area contributed by atoms with Crippen LogP contribution in [-0.4, -0.2) is 8.42 Å². The van der Waals surface area contributed by atoms with Crippen molar-refractivity contribution in [3.8, 4) is 0 Å². The van der Waals surface area contributed by atoms with Crippen LogP contribution >= 0.6 is 15.9 Å². The summed E-state index contributed by atoms with van der Waals surface area (Å²) < 4.78 is 66.0. The molecule has 0 atom stereocenters. The van der Waals surface area contributed by atoms with Crippen LogP contribution in [0.15, 0.2) is 39.7 Å². The lowest BCUT2D eigenvalue weighted by Gasteiger charge is -2.12. The molecule has 2 aromatic rings. The fraction of sp³-hybridized carbons (Fsp3) is 0. The monoisotopic (exact) mass is 380 g/mol. The fourth-order valence-electron chi connectivity index (χ4n) is 1.55. The minimum absolute atomic E-state index is 0.0235. The van der Waals surface area contributed by atoms with Gasteiger partial charge in [0.05, 0.1) is 5.69 Å². The molecule has 0 unspecified atom stereocenters. The summed E-state index contributed by atoms with van der Waals surface area (Å²) in [5.74, 6) is -3.08. The molecule has 0 aliphatic carbocycles. The summed E-state index contributed by atoms with van der Waals surface area (Å²) in [7, 11) is -4.42. The van der Waals surface area contributed by atoms with E-state index in [0.717, 1.165) is 18.2 Å². The van der Waals surface area contributed by atoms with Gasteiger partial charge in [-0.2, -0.15) is 0 Å². The standard InChI is InChI=1S/C12H8BrF3N2O2S/c13-8-3-6(14)4-10(16)12(8)18-21(19,20)11-5-7(17)1-2-9(11)15/h1-5,18H,17H2. The minimum atomic E-state index is -4.42. The molecule has 4 nitrogen and oxygen atoms in total. The Morgan fingerprint density at radius 3 is 2.33 bits per heavy atom. The topological polar surface area (TPSA) is 72.2 Å². The van der Waals surface area contributed by atoms with Crippen LogP contribution in [-0.2, 0) is 10.0 Å². The lowest BCUT2D eigenvalue weighted by atomic mass is 10.3. The molecule has 3 N–H and O–H groups in total. The van der Waals surface area contributed by atoms with E-state index >= 15 is 0 Å². The molecule has 0 heterocycles. The molecule has 112 valence electrons. The number of nitrogens with one attached hydrogen (secondary N) is 1. The maximum atomic E-state index is 13.6. The van der Waals surface area contributed by atoms with Crippen molar-refractivity contribution < 1.29 is 21.6 Å². The Kier molecular flexibility index (Phi) is 4.15. The van der Waals surface area contributed by atoms with Gasteiger partial charge in [-0.05, 0) is 40.2 Å². The Morgan fingerprint density at radius 1 is 1.05 bits per heavy atom. The maximum absolute atomic E-state index is 13.6. The smallest absolute Gasteiger partial charge is 0.265 e. The van der Waals surface area contributed by atoms with Gasteiger partial charge in [0, 0.05) is 16.2 Å². The number of benzene rings is 2. The van der Waals surface area contributed by atoms with E-state index in [1.807, 2.05) is 4.72 Å². The van der Waals surface area contributed by atoms with Crippen LogP contribution < -0.4 is 10.5 Å². The SMILES string of the molecule is Nc1ccc(F)c(S(=O)(=O)Nc2c(F)cc(F)cc2Br)c1. The molecule has 2 aromatic carbocycles. The third kappa shape index (κ3) is 3.30. The van der Waals surface area contributed by atoms with E-state index < -0.39 is 38.1 Å². The molecule has 0 aromatic heterocycles. The van der Waals surface area contributed by atoms with Gasteiger partial charge in [0.15, 0.2) is 5.82 Å². The van der Waals surface area contributed by atoms with Gasteiger partial charge < -0.3 is 5.73 Å². The lowest BCUT2D eigenvalue weighted by molar-refractivity contribution is 0.567. The first-order chi connectivity index (χ1) is 9.70. The van der Waals surface area contributed by atoms with Crippen molar-refractivity contribution in [2.24, 2.45) is 0 Å². The molecule has 0 saturated heterocycles. The Morgan fingerprint density at radius 2 is 1.71 bits per heavy atom. The van der Waals surface area contributed by atoms with Gasteiger partial charge in [-0.3, -0.25) is 4.72 Å². The number of rotatable bonds is 3. The van der Waals surface area contributed by atoms with E-state index in [0.29, 0.717) is 6.07 Å². The Hall–Kier alpha value is -1.74. The average molecular weight is 381 g/mol. The summed E-state index contributed by atoms with van der Waals surface area (Å²) in [6, 6.07) is 4.32. The van der Waals surface area contributed by atoms with Gasteiger partial charge in [0.25, 0.3) is 10.0 Å². The molecular formula is C12H8BrF3N2O2S. The van der Waals surface area contributed by atoms with Gasteiger partial charge >= 0.3 is 0 Å². The molecular weight excluding hydrogens is 373 g/mol. The summed E-state index contributed by atoms with van der Waals surface area (Å²) in [4.78, 5) is -0.738. The summed E-state index contributed by atoms with van der Waals surface area (Å²) in [5.41, 5.74) is 4.90. The molecule has 0 aliphatic heterocycles. The first-order valence-electron chi connectivity index (χ1n) is 5.43. The molecule has 2 rings (SSSR count). The summed E-state index contributed by atoms with van der Waals surface area (Å²) in [6.07, 6.45) is 0. The molecule has 9 heteroatoms. The predicted molar refractivity (Wildman–Crippen MR) is 75.7 cm³/mol. The second-order valence-corrected chi connectivity index (χ2v) is 6.54. The number of hydrogen-bond acceptors (Lipinski definition) is 3. The normalized spacial score (nSPS) is 11.4. The van der Waals surface area contributed by atoms with Crippen molar-refractivity contribution in [3.63, 3.8) is 0 Å². The van der Waals surface area contributed by atoms with E-state index in [1.54, 1.807) is 0 Å². The molecule has 21 heavy (non-hydrogen) atoms. The highest BCUT2D eigenvalue weighted by molar-refractivity contribution is 9.10. The third-order valence-electron chi connectivity index (χ3n) is 2.49. The lowest BCUT2D eigenvalue weighted by Crippen LogP contribution is -2.16. The van der Waals surface area contributed by atoms with E-state index in [4.69, 9.17) is 5.73 Å². The zero-order valence-corrected chi connectivity index (χ0v) is 12.6. The zero-order chi connectivity index (χ0) is 15.8. The second kappa shape index (κ2) is 5.57. The quantitative estimate of drug-likeness (QED) is 0.802. The van der Waals surface area contributed by atoms with Crippen LogP contribution in [0.1, 0.15) is 0 Å². The first-order valence-corrected chi connectivity index (χ1v) is 7.71. The van der Waals surface area contributed by atoms with E-state index in [2.05, 4.69) is 15.9 Å². The Bertz CT molecular complexity index is 789. The van der Waals surface area contributed by atoms with Crippen molar-refractivity contribution in [2.75, 3.05) is 10.5 Å². The minimum Gasteiger partial charge on any atom is -0.399 e. The second-order valence-electron chi connectivity index (χ2n) is 4.04. The van der Waals surface area contributed by atoms with Crippen LogP contribution in [0.25, 0.3) is 0 Å². The van der Waals surface area contributed by atoms with Gasteiger partial charge in [0.2, 0.25) is 0 Å². The van der Waals surface area contributed by atoms with Crippen molar-refractivity contribution >= 4 is 37.3 Å². The number of sulfonamides is 1. The molecule has 0 spiro atoms. The average Bonchev–Trinajstić information content (AvgIpc) is 2.36. The number of anilines is 2. The van der Waals surface area contributed by atoms with Crippen LogP contribution in [0, 0.1) is 17.5 Å². The summed E-state index contributed by atoms with van der Waals surface area (Å²) >= 11 is 2.83. The van der Waals surface area contributed by atoms with Gasteiger partial charge in [0.1, 0.15) is 16.5 Å². The van der Waals surface area contributed by atoms with E-state index in [-0.39, 0.29) is 10.2 Å². The van der Waals surface area contributed by atoms with Crippen LogP contribution in [0.3, 0.4) is 0 Å². The third-order valence-corrected chi connectivity index (χ3v) is 4.48. The van der Waals surface area contributed by atoms with Crippen LogP contribution in [0.2, 0.25) is 0 Å². The summed E-state index contributed by atoms with van der Waals surface area (Å²) in [6.45, 7) is 0. The first kappa shape index (κ1) is 15.6. The fourth-order valence-corrected chi connectivity index (χ4v) is 3.40. The van der Waals surface area contributed by atoms with Gasteiger partial charge in [-0.15, -0.1) is 0 Å². The number of nitrogens with two attached hydrogens (primary N) is 1. The Balaban J connectivity index is 2.50. The highest BCUT2D eigenvalue weighted by atomic mass is 79.9. The van der Waals surface area contributed by atoms with Crippen LogP contribution in [0.5, 0.6) is 0 Å². The molecule has 0 amide bonds. The van der Waals surface area contributed by atoms with Gasteiger partial charge in [-0.1, -0.05) is 0 Å². The highest BCUT2D eigenvalue weighted by Crippen LogP contribution is 2.30. The van der Waals surface area contributed by atoms with Crippen molar-refractivity contribution in [1.29, 1.82) is 0 Å². The van der Waals surface area contributed by atoms with Crippen molar-refractivity contribution in [2.45, 2.75) is 4.90 Å². The maximum Gasteiger partial charge on any atom is 0.265 e. The van der Waals surface area contributed by atoms with Crippen LogP contribution in [0.4, 0.5) is 24.5 Å². The van der Waals surface area contributed by atoms with E-state index in [1.165, 1.54) is 6.07 Å². The largest absolute Gasteiger partial charge is 0.399 e. The molecule has 0 aliphatic rings. The number of hydrogen-bond donors (Lipinski definition) is 2. The Labute approximate surface area is 127 Å². The van der Waals surface area contributed by atoms with Crippen molar-refractivity contribution in [3.05, 3.63) is 52.3 Å². The number of halogens is 4. The predicted octanol–water partition coefficient (Wildman–Crippen LogP) is 3.25.